The zero-order valence-electron chi connectivity index (χ0n) is 15.3. The maximum atomic E-state index is 13.3. The second-order valence-corrected chi connectivity index (χ2v) is 7.32. The highest BCUT2D eigenvalue weighted by Crippen LogP contribution is 2.36. The van der Waals surface area contributed by atoms with E-state index in [0.29, 0.717) is 17.4 Å². The summed E-state index contributed by atoms with van der Waals surface area (Å²) < 4.78 is 84.4. The predicted octanol–water partition coefficient (Wildman–Crippen LogP) is 6.17. The highest BCUT2D eigenvalue weighted by molar-refractivity contribution is 7.13. The summed E-state index contributed by atoms with van der Waals surface area (Å²) in [6.45, 7) is -0.313. The number of rotatable bonds is 5. The lowest BCUT2D eigenvalue weighted by molar-refractivity contribution is -0.137. The van der Waals surface area contributed by atoms with Gasteiger partial charge in [-0.1, -0.05) is 11.2 Å². The van der Waals surface area contributed by atoms with Crippen LogP contribution in [-0.4, -0.2) is 17.9 Å². The fourth-order valence-electron chi connectivity index (χ4n) is 2.85. The fraction of sp³-hybridized carbons (Fsp3) is 0.263. The minimum absolute atomic E-state index is 0.167. The summed E-state index contributed by atoms with van der Waals surface area (Å²) >= 11 is 1.35. The molecule has 0 amide bonds. The first kappa shape index (κ1) is 21.7. The summed E-state index contributed by atoms with van der Waals surface area (Å²) in [5, 5.41) is 14.5. The standard InChI is InChI=1S/C19H13F6N3OS/c1-11-15(27-29-17(11)16-3-2-6-30-16)9-28(10-18(20,21)22)13-5-4-12(8-26)14(7-13)19(23,24)25/h2-7H,9-10H2,1H3. The lowest BCUT2D eigenvalue weighted by Crippen LogP contribution is -2.34. The quantitative estimate of drug-likeness (QED) is 0.441. The fourth-order valence-corrected chi connectivity index (χ4v) is 3.61. The highest BCUT2D eigenvalue weighted by Gasteiger charge is 2.36. The molecule has 0 aliphatic rings. The van der Waals surface area contributed by atoms with Gasteiger partial charge in [-0.15, -0.1) is 11.3 Å². The number of anilines is 1. The smallest absolute Gasteiger partial charge is 0.356 e. The number of nitriles is 1. The van der Waals surface area contributed by atoms with Crippen molar-refractivity contribution in [2.75, 3.05) is 11.4 Å². The van der Waals surface area contributed by atoms with Gasteiger partial charge in [0, 0.05) is 11.3 Å². The van der Waals surface area contributed by atoms with Crippen molar-refractivity contribution in [3.05, 3.63) is 58.1 Å². The van der Waals surface area contributed by atoms with Gasteiger partial charge in [-0.25, -0.2) is 0 Å². The molecule has 0 saturated heterocycles. The van der Waals surface area contributed by atoms with Crippen LogP contribution in [0.15, 0.2) is 40.2 Å². The van der Waals surface area contributed by atoms with Gasteiger partial charge in [0.25, 0.3) is 0 Å². The molecule has 3 rings (SSSR count). The zero-order valence-corrected chi connectivity index (χ0v) is 16.1. The molecule has 0 radical (unpaired) electrons. The molecule has 0 spiro atoms. The van der Waals surface area contributed by atoms with Crippen molar-refractivity contribution in [2.24, 2.45) is 0 Å². The topological polar surface area (TPSA) is 53.1 Å². The van der Waals surface area contributed by atoms with E-state index in [9.17, 15) is 26.3 Å². The van der Waals surface area contributed by atoms with Crippen LogP contribution in [-0.2, 0) is 12.7 Å². The Morgan fingerprint density at radius 1 is 1.17 bits per heavy atom. The van der Waals surface area contributed by atoms with E-state index < -0.39 is 36.6 Å². The molecule has 0 N–H and O–H groups in total. The molecule has 4 nitrogen and oxygen atoms in total. The Balaban J connectivity index is 2.00. The van der Waals surface area contributed by atoms with Crippen LogP contribution < -0.4 is 4.90 Å². The number of hydrogen-bond acceptors (Lipinski definition) is 5. The Morgan fingerprint density at radius 3 is 2.47 bits per heavy atom. The lowest BCUT2D eigenvalue weighted by Gasteiger charge is -2.26. The summed E-state index contributed by atoms with van der Waals surface area (Å²) in [5.41, 5.74) is -1.64. The number of alkyl halides is 6. The Bertz CT molecular complexity index is 1060. The number of aromatic nitrogens is 1. The molecule has 2 aromatic heterocycles. The van der Waals surface area contributed by atoms with Crippen LogP contribution in [0.3, 0.4) is 0 Å². The van der Waals surface area contributed by atoms with Crippen molar-refractivity contribution >= 4 is 17.0 Å². The van der Waals surface area contributed by atoms with E-state index >= 15 is 0 Å². The van der Waals surface area contributed by atoms with Gasteiger partial charge in [0.05, 0.1) is 28.6 Å². The molecule has 30 heavy (non-hydrogen) atoms. The van der Waals surface area contributed by atoms with Crippen molar-refractivity contribution in [1.29, 1.82) is 5.26 Å². The van der Waals surface area contributed by atoms with Crippen molar-refractivity contribution in [2.45, 2.75) is 25.8 Å². The number of benzene rings is 1. The minimum atomic E-state index is -4.89. The van der Waals surface area contributed by atoms with E-state index in [1.807, 2.05) is 0 Å². The second-order valence-electron chi connectivity index (χ2n) is 6.37. The van der Waals surface area contributed by atoms with Gasteiger partial charge >= 0.3 is 12.4 Å². The third kappa shape index (κ3) is 4.76. The van der Waals surface area contributed by atoms with Gasteiger partial charge in [0.1, 0.15) is 12.2 Å². The number of thiophene rings is 1. The molecule has 0 unspecified atom stereocenters. The molecule has 1 aromatic carbocycles. The molecule has 158 valence electrons. The summed E-state index contributed by atoms with van der Waals surface area (Å²) in [7, 11) is 0. The number of halogens is 6. The van der Waals surface area contributed by atoms with Crippen molar-refractivity contribution in [3.8, 4) is 16.7 Å². The van der Waals surface area contributed by atoms with E-state index in [1.54, 1.807) is 24.4 Å². The van der Waals surface area contributed by atoms with Gasteiger partial charge in [0.15, 0.2) is 5.76 Å². The normalized spacial score (nSPS) is 12.1. The molecule has 3 aromatic rings. The predicted molar refractivity (Wildman–Crippen MR) is 97.8 cm³/mol. The van der Waals surface area contributed by atoms with Gasteiger partial charge < -0.3 is 9.42 Å². The second kappa shape index (κ2) is 8.02. The van der Waals surface area contributed by atoms with Crippen molar-refractivity contribution in [1.82, 2.24) is 5.16 Å². The van der Waals surface area contributed by atoms with Gasteiger partial charge in [-0.2, -0.15) is 31.6 Å². The minimum Gasteiger partial charge on any atom is -0.356 e. The van der Waals surface area contributed by atoms with Crippen LogP contribution >= 0.6 is 11.3 Å². The largest absolute Gasteiger partial charge is 0.417 e. The zero-order chi connectivity index (χ0) is 22.1. The Labute approximate surface area is 170 Å². The summed E-state index contributed by atoms with van der Waals surface area (Å²) in [6, 6.07) is 7.38. The SMILES string of the molecule is Cc1c(CN(CC(F)(F)F)c2ccc(C#N)c(C(F)(F)F)c2)noc1-c1cccs1. The van der Waals surface area contributed by atoms with E-state index in [4.69, 9.17) is 9.78 Å². The van der Waals surface area contributed by atoms with E-state index in [0.717, 1.165) is 21.9 Å². The lowest BCUT2D eigenvalue weighted by atomic mass is 10.1. The average molecular weight is 445 g/mol. The molecule has 2 heterocycles. The molecule has 0 fully saturated rings. The third-order valence-corrected chi connectivity index (χ3v) is 5.14. The Hall–Kier alpha value is -3.00. The van der Waals surface area contributed by atoms with E-state index in [-0.39, 0.29) is 11.4 Å². The summed E-state index contributed by atoms with van der Waals surface area (Å²) in [6.07, 6.45) is -9.57. The molecular weight excluding hydrogens is 432 g/mol. The average Bonchev–Trinajstić information content (AvgIpc) is 3.29. The molecular formula is C19H13F6N3OS. The van der Waals surface area contributed by atoms with Gasteiger partial charge in [0.2, 0.25) is 0 Å². The third-order valence-electron chi connectivity index (χ3n) is 4.27. The number of nitrogens with zero attached hydrogens (tertiary/aromatic N) is 3. The van der Waals surface area contributed by atoms with E-state index in [1.165, 1.54) is 17.4 Å². The molecule has 0 aliphatic heterocycles. The van der Waals surface area contributed by atoms with Crippen LogP contribution in [0.2, 0.25) is 0 Å². The van der Waals surface area contributed by atoms with E-state index in [2.05, 4.69) is 5.16 Å². The van der Waals surface area contributed by atoms with Gasteiger partial charge in [-0.05, 0) is 36.6 Å². The van der Waals surface area contributed by atoms with Crippen LogP contribution in [0.1, 0.15) is 22.4 Å². The molecule has 11 heteroatoms. The molecule has 0 saturated carbocycles. The van der Waals surface area contributed by atoms with Gasteiger partial charge in [-0.3, -0.25) is 0 Å². The molecule has 0 bridgehead atoms. The summed E-state index contributed by atoms with van der Waals surface area (Å²) in [5.74, 6) is 0.391. The van der Waals surface area contributed by atoms with Crippen molar-refractivity contribution < 1.29 is 30.9 Å². The summed E-state index contributed by atoms with van der Waals surface area (Å²) in [4.78, 5) is 1.45. The number of hydrogen-bond donors (Lipinski definition) is 0. The first-order chi connectivity index (χ1) is 14.0. The first-order valence-corrected chi connectivity index (χ1v) is 9.29. The van der Waals surface area contributed by atoms with Crippen LogP contribution in [0.4, 0.5) is 32.0 Å². The maximum Gasteiger partial charge on any atom is 0.417 e. The Morgan fingerprint density at radius 2 is 1.90 bits per heavy atom. The molecule has 0 atom stereocenters. The van der Waals surface area contributed by atoms with Crippen LogP contribution in [0, 0.1) is 18.3 Å². The monoisotopic (exact) mass is 445 g/mol. The van der Waals surface area contributed by atoms with Crippen LogP contribution in [0.25, 0.3) is 10.6 Å². The highest BCUT2D eigenvalue weighted by atomic mass is 32.1. The Kier molecular flexibility index (Phi) is 5.81. The first-order valence-electron chi connectivity index (χ1n) is 8.41. The van der Waals surface area contributed by atoms with Crippen molar-refractivity contribution in [3.63, 3.8) is 0 Å². The van der Waals surface area contributed by atoms with Crippen LogP contribution in [0.5, 0.6) is 0 Å². The molecule has 0 aliphatic carbocycles. The maximum absolute atomic E-state index is 13.3.